The van der Waals surface area contributed by atoms with E-state index in [0.717, 1.165) is 0 Å². The van der Waals surface area contributed by atoms with Crippen molar-refractivity contribution < 1.29 is 27.4 Å². The second kappa shape index (κ2) is 11.5. The van der Waals surface area contributed by atoms with Crippen LogP contribution < -0.4 is 4.74 Å². The average molecular weight is 556 g/mol. The maximum Gasteiger partial charge on any atom is 0.261 e. The fourth-order valence-corrected chi connectivity index (χ4v) is 5.24. The van der Waals surface area contributed by atoms with Gasteiger partial charge in [0, 0.05) is 50.1 Å². The number of amides is 1. The molecule has 39 heavy (non-hydrogen) atoms. The molecule has 0 aliphatic carbocycles. The van der Waals surface area contributed by atoms with Gasteiger partial charge in [0.2, 0.25) is 5.88 Å². The fourth-order valence-electron chi connectivity index (χ4n) is 4.10. The topological polar surface area (TPSA) is 118 Å². The Hall–Kier alpha value is -3.79. The molecule has 3 heterocycles. The van der Waals surface area contributed by atoms with Gasteiger partial charge in [0.15, 0.2) is 5.03 Å². The van der Waals surface area contributed by atoms with Gasteiger partial charge in [-0.1, -0.05) is 18.8 Å². The number of likely N-dealkylation sites (N-methyl/N-ethyl adjacent to an activating group) is 1. The monoisotopic (exact) mass is 555 g/mol. The van der Waals surface area contributed by atoms with Gasteiger partial charge in [0.25, 0.3) is 15.9 Å². The number of aliphatic hydroxyl groups is 1. The maximum absolute atomic E-state index is 13.6. The second-order valence-corrected chi connectivity index (χ2v) is 11.6. The number of aryl methyl sites for hydroxylation is 1. The molecule has 0 unspecified atom stereocenters. The summed E-state index contributed by atoms with van der Waals surface area (Å²) in [6.07, 6.45) is 3.62. The van der Waals surface area contributed by atoms with Gasteiger partial charge in [-0.25, -0.2) is 22.8 Å². The summed E-state index contributed by atoms with van der Waals surface area (Å²) in [4.78, 5) is 23.4. The zero-order chi connectivity index (χ0) is 28.3. The van der Waals surface area contributed by atoms with Crippen molar-refractivity contribution in [3.8, 4) is 17.7 Å². The molecule has 3 atom stereocenters. The van der Waals surface area contributed by atoms with Crippen LogP contribution in [-0.2, 0) is 17.1 Å². The summed E-state index contributed by atoms with van der Waals surface area (Å²) < 4.78 is 48.3. The number of hydrogen-bond acceptors (Lipinski definition) is 7. The van der Waals surface area contributed by atoms with Crippen molar-refractivity contribution in [2.75, 3.05) is 26.7 Å². The molecule has 0 radical (unpaired) electrons. The van der Waals surface area contributed by atoms with Crippen LogP contribution in [0, 0.1) is 23.6 Å². The lowest BCUT2D eigenvalue weighted by Crippen LogP contribution is -2.50. The third-order valence-electron chi connectivity index (χ3n) is 6.51. The van der Waals surface area contributed by atoms with Crippen LogP contribution in [0.2, 0.25) is 0 Å². The number of aromatic nitrogens is 3. The maximum atomic E-state index is 13.6. The standard InChI is InChI=1S/C27H30FN5O5S/c1-18-13-33(19(2)16-34)27(35)23-11-21(6-5-20-7-9-22(28)10-8-20)12-29-26(23)38-24(18)14-32(4)39(36,37)25-15-31(3)17-30-25/h7-12,15,17-19,24,34H,13-14,16H2,1-4H3/t18-,19+,24-/m0/s1. The number of pyridine rings is 1. The largest absolute Gasteiger partial charge is 0.472 e. The van der Waals surface area contributed by atoms with E-state index in [4.69, 9.17) is 4.74 Å². The second-order valence-electron chi connectivity index (χ2n) is 9.62. The number of fused-ring (bicyclic) bond motifs is 1. The van der Waals surface area contributed by atoms with Crippen molar-refractivity contribution in [3.05, 3.63) is 71.6 Å². The van der Waals surface area contributed by atoms with Gasteiger partial charge >= 0.3 is 0 Å². The summed E-state index contributed by atoms with van der Waals surface area (Å²) in [5.74, 6) is 4.83. The molecule has 4 rings (SSSR count). The van der Waals surface area contributed by atoms with Crippen LogP contribution in [0.1, 0.15) is 35.3 Å². The molecule has 12 heteroatoms. The molecular formula is C27H30FN5O5S. The number of rotatable bonds is 6. The molecule has 0 fully saturated rings. The summed E-state index contributed by atoms with van der Waals surface area (Å²) in [5, 5.41) is 9.76. The minimum atomic E-state index is -3.89. The predicted molar refractivity (Wildman–Crippen MR) is 141 cm³/mol. The first-order chi connectivity index (χ1) is 18.5. The highest BCUT2D eigenvalue weighted by atomic mass is 32.2. The summed E-state index contributed by atoms with van der Waals surface area (Å²) in [5.41, 5.74) is 1.17. The van der Waals surface area contributed by atoms with E-state index in [1.165, 1.54) is 47.1 Å². The number of imidazole rings is 1. The van der Waals surface area contributed by atoms with E-state index in [9.17, 15) is 22.7 Å². The Morgan fingerprint density at radius 3 is 2.56 bits per heavy atom. The number of carbonyl (C=O) groups excluding carboxylic acids is 1. The number of ether oxygens (including phenoxy) is 1. The molecule has 0 bridgehead atoms. The van der Waals surface area contributed by atoms with Gasteiger partial charge in [0.1, 0.15) is 17.5 Å². The first-order valence-corrected chi connectivity index (χ1v) is 13.7. The fraction of sp³-hybridized carbons (Fsp3) is 0.370. The van der Waals surface area contributed by atoms with Crippen molar-refractivity contribution in [2.24, 2.45) is 13.0 Å². The van der Waals surface area contributed by atoms with Gasteiger partial charge in [-0.3, -0.25) is 4.79 Å². The third kappa shape index (κ3) is 6.27. The Bertz CT molecular complexity index is 1510. The number of aliphatic hydroxyl groups excluding tert-OH is 1. The number of sulfonamides is 1. The Labute approximate surface area is 227 Å². The van der Waals surface area contributed by atoms with Crippen LogP contribution in [0.3, 0.4) is 0 Å². The number of carbonyl (C=O) groups is 1. The number of halogens is 1. The lowest BCUT2D eigenvalue weighted by molar-refractivity contribution is 0.0373. The van der Waals surface area contributed by atoms with Gasteiger partial charge in [-0.2, -0.15) is 4.31 Å². The van der Waals surface area contributed by atoms with E-state index in [0.29, 0.717) is 11.1 Å². The molecule has 1 aliphatic heterocycles. The zero-order valence-corrected chi connectivity index (χ0v) is 22.9. The quantitative estimate of drug-likeness (QED) is 0.462. The summed E-state index contributed by atoms with van der Waals surface area (Å²) in [6.45, 7) is 3.51. The minimum Gasteiger partial charge on any atom is -0.472 e. The molecule has 10 nitrogen and oxygen atoms in total. The smallest absolute Gasteiger partial charge is 0.261 e. The third-order valence-corrected chi connectivity index (χ3v) is 8.22. The highest BCUT2D eigenvalue weighted by molar-refractivity contribution is 7.89. The predicted octanol–water partition coefficient (Wildman–Crippen LogP) is 1.89. The first kappa shape index (κ1) is 28.2. The van der Waals surface area contributed by atoms with Crippen LogP contribution in [0.5, 0.6) is 5.88 Å². The normalized spacial score (nSPS) is 18.4. The van der Waals surface area contributed by atoms with Crippen LogP contribution in [0.25, 0.3) is 0 Å². The highest BCUT2D eigenvalue weighted by Crippen LogP contribution is 2.28. The van der Waals surface area contributed by atoms with Crippen LogP contribution in [-0.4, -0.2) is 82.1 Å². The molecular weight excluding hydrogens is 525 g/mol. The van der Waals surface area contributed by atoms with Crippen molar-refractivity contribution >= 4 is 15.9 Å². The lowest BCUT2D eigenvalue weighted by Gasteiger charge is -2.37. The van der Waals surface area contributed by atoms with Gasteiger partial charge < -0.3 is 19.3 Å². The summed E-state index contributed by atoms with van der Waals surface area (Å²) in [7, 11) is -0.763. The molecule has 2 aromatic heterocycles. The van der Waals surface area contributed by atoms with Gasteiger partial charge in [-0.05, 0) is 37.3 Å². The van der Waals surface area contributed by atoms with Crippen LogP contribution in [0.15, 0.2) is 54.1 Å². The molecule has 0 saturated heterocycles. The van der Waals surface area contributed by atoms with E-state index < -0.39 is 22.2 Å². The summed E-state index contributed by atoms with van der Waals surface area (Å²) in [6, 6.07) is 6.75. The molecule has 0 spiro atoms. The minimum absolute atomic E-state index is 0.0249. The van der Waals surface area contributed by atoms with Crippen molar-refractivity contribution in [1.82, 2.24) is 23.7 Å². The van der Waals surface area contributed by atoms with E-state index in [2.05, 4.69) is 21.8 Å². The molecule has 1 aromatic carbocycles. The van der Waals surface area contributed by atoms with E-state index in [1.807, 2.05) is 6.92 Å². The van der Waals surface area contributed by atoms with E-state index in [-0.39, 0.29) is 53.8 Å². The molecule has 1 N–H and O–H groups in total. The van der Waals surface area contributed by atoms with E-state index in [1.54, 1.807) is 36.7 Å². The molecule has 206 valence electrons. The molecule has 1 aliphatic rings. The molecule has 3 aromatic rings. The van der Waals surface area contributed by atoms with Crippen LogP contribution in [0.4, 0.5) is 4.39 Å². The van der Waals surface area contributed by atoms with Crippen molar-refractivity contribution in [1.29, 1.82) is 0 Å². The Morgan fingerprint density at radius 2 is 1.92 bits per heavy atom. The molecule has 0 saturated carbocycles. The van der Waals surface area contributed by atoms with Crippen molar-refractivity contribution in [3.63, 3.8) is 0 Å². The molecule has 1 amide bonds. The first-order valence-electron chi connectivity index (χ1n) is 12.3. The average Bonchev–Trinajstić information content (AvgIpc) is 3.37. The Morgan fingerprint density at radius 1 is 1.23 bits per heavy atom. The Balaban J connectivity index is 1.68. The van der Waals surface area contributed by atoms with Crippen molar-refractivity contribution in [2.45, 2.75) is 31.0 Å². The zero-order valence-electron chi connectivity index (χ0n) is 22.1. The van der Waals surface area contributed by atoms with E-state index >= 15 is 0 Å². The number of hydrogen-bond donors (Lipinski definition) is 1. The van der Waals surface area contributed by atoms with Gasteiger partial charge in [0.05, 0.1) is 25.5 Å². The lowest BCUT2D eigenvalue weighted by atomic mass is 10.0. The summed E-state index contributed by atoms with van der Waals surface area (Å²) >= 11 is 0. The SMILES string of the molecule is C[C@H](CO)N1C[C@H](C)[C@H](CN(C)S(=O)(=O)c2cn(C)cn2)Oc2ncc(C#Cc3ccc(F)cc3)cc2C1=O. The Kier molecular flexibility index (Phi) is 8.34. The van der Waals surface area contributed by atoms with Crippen LogP contribution >= 0.6 is 0 Å². The number of benzene rings is 1. The highest BCUT2D eigenvalue weighted by Gasteiger charge is 2.36. The number of nitrogens with zero attached hydrogens (tertiary/aromatic N) is 5. The van der Waals surface area contributed by atoms with Gasteiger partial charge in [-0.15, -0.1) is 0 Å².